The maximum atomic E-state index is 12.4. The number of ether oxygens (including phenoxy) is 1. The van der Waals surface area contributed by atoms with Gasteiger partial charge in [0.05, 0.1) is 5.60 Å². The van der Waals surface area contributed by atoms with Gasteiger partial charge in [0.2, 0.25) is 0 Å². The van der Waals surface area contributed by atoms with Gasteiger partial charge in [0, 0.05) is 0 Å². The van der Waals surface area contributed by atoms with Crippen molar-refractivity contribution >= 4 is 5.97 Å². The molecule has 0 heterocycles. The Morgan fingerprint density at radius 2 is 1.91 bits per heavy atom. The summed E-state index contributed by atoms with van der Waals surface area (Å²) in [5.74, 6) is -0.376. The number of alkyl halides is 3. The van der Waals surface area contributed by atoms with E-state index in [1.807, 2.05) is 0 Å². The highest BCUT2D eigenvalue weighted by Gasteiger charge is 2.48. The number of hydrogen-bond acceptors (Lipinski definition) is 3. The lowest BCUT2D eigenvalue weighted by Gasteiger charge is -2.49. The van der Waals surface area contributed by atoms with E-state index in [4.69, 9.17) is 4.74 Å². The number of fused-ring (bicyclic) bond motifs is 1. The molecule has 0 aromatic heterocycles. The summed E-state index contributed by atoms with van der Waals surface area (Å²) in [4.78, 5) is 11.4. The first-order chi connectivity index (χ1) is 9.97. The topological polar surface area (TPSA) is 46.5 Å². The molecule has 2 aliphatic rings. The number of halogens is 3. The second-order valence-corrected chi connectivity index (χ2v) is 7.28. The predicted molar refractivity (Wildman–Crippen MR) is 74.9 cm³/mol. The van der Waals surface area contributed by atoms with Crippen LogP contribution in [0.2, 0.25) is 0 Å². The van der Waals surface area contributed by atoms with Gasteiger partial charge in [-0.3, -0.25) is 0 Å². The Hall–Kier alpha value is -1.04. The Bertz CT molecular complexity index is 451. The first-order valence-corrected chi connectivity index (χ1v) is 7.67. The second kappa shape index (κ2) is 5.87. The van der Waals surface area contributed by atoms with Gasteiger partial charge >= 0.3 is 12.1 Å². The van der Waals surface area contributed by atoms with Crippen LogP contribution in [-0.4, -0.2) is 29.0 Å². The normalized spacial score (nSPS) is 31.9. The van der Waals surface area contributed by atoms with Crippen molar-refractivity contribution in [1.82, 2.24) is 0 Å². The van der Waals surface area contributed by atoms with E-state index in [2.05, 4.69) is 6.58 Å². The van der Waals surface area contributed by atoms with Crippen LogP contribution in [0.1, 0.15) is 46.0 Å². The Kier molecular flexibility index (Phi) is 4.62. The molecule has 3 nitrogen and oxygen atoms in total. The van der Waals surface area contributed by atoms with Gasteiger partial charge in [-0.1, -0.05) is 6.58 Å². The Morgan fingerprint density at radius 1 is 1.27 bits per heavy atom. The molecule has 0 aliphatic heterocycles. The molecule has 2 fully saturated rings. The van der Waals surface area contributed by atoms with Crippen molar-refractivity contribution in [2.75, 3.05) is 0 Å². The SMILES string of the molecule is C=C(C(=O)OC1CC2CC(CC(C)(C)O)CCC21)C(F)(F)F. The molecular weight excluding hydrogens is 297 g/mol. The molecule has 2 saturated carbocycles. The number of rotatable bonds is 4. The van der Waals surface area contributed by atoms with Crippen LogP contribution in [0.4, 0.5) is 13.2 Å². The van der Waals surface area contributed by atoms with E-state index in [1.54, 1.807) is 13.8 Å². The molecule has 0 aromatic rings. The van der Waals surface area contributed by atoms with Gasteiger partial charge in [-0.05, 0) is 63.7 Å². The minimum absolute atomic E-state index is 0.156. The Balaban J connectivity index is 1.82. The zero-order chi connectivity index (χ0) is 16.7. The first-order valence-electron chi connectivity index (χ1n) is 7.67. The van der Waals surface area contributed by atoms with Crippen LogP contribution in [0.25, 0.3) is 0 Å². The van der Waals surface area contributed by atoms with E-state index < -0.39 is 29.4 Å². The molecule has 0 aromatic carbocycles. The van der Waals surface area contributed by atoms with Gasteiger partial charge in [-0.2, -0.15) is 13.2 Å². The fourth-order valence-corrected chi connectivity index (χ4v) is 3.77. The zero-order valence-corrected chi connectivity index (χ0v) is 12.9. The van der Waals surface area contributed by atoms with Gasteiger partial charge in [0.1, 0.15) is 11.7 Å². The molecule has 2 rings (SSSR count). The fraction of sp³-hybridized carbons (Fsp3) is 0.812. The number of hydrogen-bond donors (Lipinski definition) is 1. The van der Waals surface area contributed by atoms with Crippen LogP contribution in [0.3, 0.4) is 0 Å². The van der Waals surface area contributed by atoms with Crippen molar-refractivity contribution in [3.8, 4) is 0 Å². The summed E-state index contributed by atoms with van der Waals surface area (Å²) in [6, 6.07) is 0. The highest BCUT2D eigenvalue weighted by atomic mass is 19.4. The van der Waals surface area contributed by atoms with E-state index in [9.17, 15) is 23.1 Å². The quantitative estimate of drug-likeness (QED) is 0.636. The van der Waals surface area contributed by atoms with Gasteiger partial charge in [-0.15, -0.1) is 0 Å². The lowest BCUT2D eigenvalue weighted by Crippen LogP contribution is -2.48. The molecule has 22 heavy (non-hydrogen) atoms. The molecule has 0 bridgehead atoms. The molecular formula is C16H23F3O3. The zero-order valence-electron chi connectivity index (χ0n) is 12.9. The van der Waals surface area contributed by atoms with Gasteiger partial charge in [0.15, 0.2) is 0 Å². The summed E-state index contributed by atoms with van der Waals surface area (Å²) in [5, 5.41) is 9.86. The van der Waals surface area contributed by atoms with E-state index >= 15 is 0 Å². The van der Waals surface area contributed by atoms with Crippen molar-refractivity contribution in [3.05, 3.63) is 12.2 Å². The largest absolute Gasteiger partial charge is 0.458 e. The third-order valence-electron chi connectivity index (χ3n) is 4.80. The highest BCUT2D eigenvalue weighted by Crippen LogP contribution is 2.50. The fourth-order valence-electron chi connectivity index (χ4n) is 3.77. The van der Waals surface area contributed by atoms with Crippen molar-refractivity contribution in [2.45, 2.75) is 63.8 Å². The molecule has 1 N–H and O–H groups in total. The molecule has 4 atom stereocenters. The lowest BCUT2D eigenvalue weighted by atomic mass is 9.60. The number of esters is 1. The van der Waals surface area contributed by atoms with Crippen LogP contribution >= 0.6 is 0 Å². The molecule has 0 amide bonds. The monoisotopic (exact) mass is 320 g/mol. The van der Waals surface area contributed by atoms with Crippen LogP contribution < -0.4 is 0 Å². The lowest BCUT2D eigenvalue weighted by molar-refractivity contribution is -0.172. The smallest absolute Gasteiger partial charge is 0.422 e. The summed E-state index contributed by atoms with van der Waals surface area (Å²) in [5.41, 5.74) is -2.14. The maximum Gasteiger partial charge on any atom is 0.422 e. The van der Waals surface area contributed by atoms with E-state index in [0.717, 1.165) is 25.7 Å². The van der Waals surface area contributed by atoms with Gasteiger partial charge in [0.25, 0.3) is 0 Å². The number of aliphatic hydroxyl groups is 1. The summed E-state index contributed by atoms with van der Waals surface area (Å²) >= 11 is 0. The summed E-state index contributed by atoms with van der Waals surface area (Å²) in [6.07, 6.45) is -1.11. The van der Waals surface area contributed by atoms with Crippen molar-refractivity contribution < 1.29 is 27.8 Å². The third kappa shape index (κ3) is 4.03. The maximum absolute atomic E-state index is 12.4. The standard InChI is InChI=1S/C16H23F3O3/c1-9(16(17,18)19)14(20)22-13-7-11-6-10(4-5-12(11)13)8-15(2,3)21/h10-13,21H,1,4-8H2,2-3H3. The predicted octanol–water partition coefficient (Wildman–Crippen LogP) is 3.61. The van der Waals surface area contributed by atoms with Crippen LogP contribution in [0, 0.1) is 17.8 Å². The average Bonchev–Trinajstić information content (AvgIpc) is 2.32. The number of carbonyl (C=O) groups excluding carboxylic acids is 1. The second-order valence-electron chi connectivity index (χ2n) is 7.28. The van der Waals surface area contributed by atoms with Crippen LogP contribution in [0.15, 0.2) is 12.2 Å². The first kappa shape index (κ1) is 17.3. The van der Waals surface area contributed by atoms with Gasteiger partial charge < -0.3 is 9.84 Å². The number of carbonyl (C=O) groups is 1. The summed E-state index contributed by atoms with van der Waals surface area (Å²) in [6.45, 7) is 6.34. The van der Waals surface area contributed by atoms with Crippen molar-refractivity contribution in [1.29, 1.82) is 0 Å². The van der Waals surface area contributed by atoms with Crippen LogP contribution in [-0.2, 0) is 9.53 Å². The highest BCUT2D eigenvalue weighted by molar-refractivity contribution is 5.89. The molecule has 4 unspecified atom stereocenters. The molecule has 2 aliphatic carbocycles. The minimum atomic E-state index is -4.73. The van der Waals surface area contributed by atoms with E-state index in [0.29, 0.717) is 18.3 Å². The Morgan fingerprint density at radius 3 is 2.41 bits per heavy atom. The molecule has 0 spiro atoms. The van der Waals surface area contributed by atoms with Crippen molar-refractivity contribution in [3.63, 3.8) is 0 Å². The van der Waals surface area contributed by atoms with Gasteiger partial charge in [-0.25, -0.2) is 4.79 Å². The van der Waals surface area contributed by atoms with Crippen LogP contribution in [0.5, 0.6) is 0 Å². The van der Waals surface area contributed by atoms with E-state index in [-0.39, 0.29) is 5.92 Å². The van der Waals surface area contributed by atoms with Crippen molar-refractivity contribution in [2.24, 2.45) is 17.8 Å². The molecule has 6 heteroatoms. The molecule has 126 valence electrons. The molecule has 0 radical (unpaired) electrons. The third-order valence-corrected chi connectivity index (χ3v) is 4.80. The molecule has 0 saturated heterocycles. The average molecular weight is 320 g/mol. The minimum Gasteiger partial charge on any atom is -0.458 e. The van der Waals surface area contributed by atoms with E-state index in [1.165, 1.54) is 0 Å². The Labute approximate surface area is 128 Å². The summed E-state index contributed by atoms with van der Waals surface area (Å²) < 4.78 is 42.1. The summed E-state index contributed by atoms with van der Waals surface area (Å²) in [7, 11) is 0.